The molecule has 134 valence electrons. The number of carbonyl (C=O) groups is 1. The molecule has 2 aromatic rings. The van der Waals surface area contributed by atoms with Crippen molar-refractivity contribution in [3.05, 3.63) is 23.8 Å². The number of carbonyl (C=O) groups excluding carboxylic acids is 1. The van der Waals surface area contributed by atoms with E-state index in [1.54, 1.807) is 11.3 Å². The maximum Gasteiger partial charge on any atom is 0.231 e. The van der Waals surface area contributed by atoms with E-state index in [0.29, 0.717) is 6.54 Å². The fourth-order valence-corrected chi connectivity index (χ4v) is 5.07. The van der Waals surface area contributed by atoms with Crippen LogP contribution in [0.5, 0.6) is 0 Å². The summed E-state index contributed by atoms with van der Waals surface area (Å²) in [6, 6.07) is 6.33. The van der Waals surface area contributed by atoms with Gasteiger partial charge in [-0.15, -0.1) is 0 Å². The second-order valence-corrected chi connectivity index (χ2v) is 8.19. The van der Waals surface area contributed by atoms with E-state index in [9.17, 15) is 4.79 Å². The van der Waals surface area contributed by atoms with Gasteiger partial charge in [0.2, 0.25) is 5.91 Å². The molecule has 5 heteroatoms. The highest BCUT2D eigenvalue weighted by Gasteiger charge is 2.32. The number of fused-ring (bicyclic) bond motifs is 1. The monoisotopic (exact) mass is 358 g/mol. The number of anilines is 1. The van der Waals surface area contributed by atoms with Crippen LogP contribution in [0, 0.1) is 5.92 Å². The van der Waals surface area contributed by atoms with Crippen LogP contribution in [0.3, 0.4) is 0 Å². The Balaban J connectivity index is 1.67. The molecule has 25 heavy (non-hydrogen) atoms. The minimum absolute atomic E-state index is 0.156. The molecule has 1 amide bonds. The Morgan fingerprint density at radius 3 is 2.84 bits per heavy atom. The van der Waals surface area contributed by atoms with Gasteiger partial charge in [0.15, 0.2) is 5.13 Å². The quantitative estimate of drug-likeness (QED) is 0.787. The zero-order valence-electron chi connectivity index (χ0n) is 14.9. The molecule has 2 fully saturated rings. The molecular formula is C20H26N2O2S. The molecule has 4 nitrogen and oxygen atoms in total. The normalized spacial score (nSPS) is 21.2. The highest BCUT2D eigenvalue weighted by atomic mass is 32.1. The van der Waals surface area contributed by atoms with E-state index >= 15 is 0 Å². The van der Waals surface area contributed by atoms with Crippen LogP contribution in [0.4, 0.5) is 5.13 Å². The summed E-state index contributed by atoms with van der Waals surface area (Å²) in [6.45, 7) is 3.62. The molecule has 1 atom stereocenters. The summed E-state index contributed by atoms with van der Waals surface area (Å²) >= 11 is 1.64. The molecule has 2 aliphatic rings. The van der Waals surface area contributed by atoms with E-state index in [2.05, 4.69) is 25.1 Å². The molecular weight excluding hydrogens is 332 g/mol. The van der Waals surface area contributed by atoms with Crippen molar-refractivity contribution in [2.24, 2.45) is 5.92 Å². The third kappa shape index (κ3) is 3.44. The van der Waals surface area contributed by atoms with Crippen LogP contribution in [-0.2, 0) is 16.0 Å². The topological polar surface area (TPSA) is 42.4 Å². The molecule has 4 rings (SSSR count). The van der Waals surface area contributed by atoms with E-state index in [4.69, 9.17) is 9.72 Å². The molecule has 0 radical (unpaired) electrons. The van der Waals surface area contributed by atoms with Gasteiger partial charge < -0.3 is 4.74 Å². The van der Waals surface area contributed by atoms with E-state index in [1.807, 2.05) is 4.90 Å². The number of hydrogen-bond donors (Lipinski definition) is 0. The number of rotatable bonds is 5. The van der Waals surface area contributed by atoms with Gasteiger partial charge in [-0.05, 0) is 43.7 Å². The van der Waals surface area contributed by atoms with Crippen LogP contribution in [0.2, 0.25) is 0 Å². The van der Waals surface area contributed by atoms with Crippen LogP contribution in [0.25, 0.3) is 10.2 Å². The minimum atomic E-state index is 0.156. The molecule has 0 bridgehead atoms. The largest absolute Gasteiger partial charge is 0.376 e. The van der Waals surface area contributed by atoms with Crippen molar-refractivity contribution in [3.63, 3.8) is 0 Å². The molecule has 0 N–H and O–H groups in total. The number of thiazole rings is 1. The number of ether oxygens (including phenoxy) is 1. The minimum Gasteiger partial charge on any atom is -0.376 e. The van der Waals surface area contributed by atoms with Gasteiger partial charge >= 0.3 is 0 Å². The van der Waals surface area contributed by atoms with Gasteiger partial charge in [0.25, 0.3) is 0 Å². The highest BCUT2D eigenvalue weighted by Crippen LogP contribution is 2.35. The third-order valence-electron chi connectivity index (χ3n) is 5.48. The van der Waals surface area contributed by atoms with Crippen LogP contribution < -0.4 is 4.90 Å². The predicted octanol–water partition coefficient (Wildman–Crippen LogP) is 4.56. The maximum absolute atomic E-state index is 13.2. The summed E-state index contributed by atoms with van der Waals surface area (Å²) in [5, 5.41) is 0.850. The number of nitrogens with zero attached hydrogens (tertiary/aromatic N) is 2. The molecule has 1 saturated heterocycles. The summed E-state index contributed by atoms with van der Waals surface area (Å²) in [5.41, 5.74) is 2.31. The summed E-state index contributed by atoms with van der Waals surface area (Å²) in [6.07, 6.45) is 7.63. The Hall–Kier alpha value is -1.46. The average Bonchev–Trinajstić information content (AvgIpc) is 3.39. The van der Waals surface area contributed by atoms with E-state index < -0.39 is 0 Å². The summed E-state index contributed by atoms with van der Waals surface area (Å²) in [4.78, 5) is 20.0. The van der Waals surface area contributed by atoms with Crippen LogP contribution >= 0.6 is 11.3 Å². The molecule has 2 heterocycles. The lowest BCUT2D eigenvalue weighted by molar-refractivity contribution is -0.122. The number of benzene rings is 1. The van der Waals surface area contributed by atoms with Crippen LogP contribution in [0.15, 0.2) is 18.2 Å². The second-order valence-electron chi connectivity index (χ2n) is 7.18. The Labute approximate surface area is 153 Å². The summed E-state index contributed by atoms with van der Waals surface area (Å²) in [5.74, 6) is 0.421. The van der Waals surface area contributed by atoms with Crippen molar-refractivity contribution in [3.8, 4) is 0 Å². The molecule has 0 unspecified atom stereocenters. The first-order valence-corrected chi connectivity index (χ1v) is 10.4. The summed E-state index contributed by atoms with van der Waals surface area (Å²) in [7, 11) is 0. The van der Waals surface area contributed by atoms with Crippen molar-refractivity contribution in [1.29, 1.82) is 0 Å². The van der Waals surface area contributed by atoms with Gasteiger partial charge in [-0.1, -0.05) is 43.2 Å². The van der Waals surface area contributed by atoms with Gasteiger partial charge in [-0.3, -0.25) is 9.69 Å². The zero-order chi connectivity index (χ0) is 17.2. The van der Waals surface area contributed by atoms with Crippen molar-refractivity contribution in [1.82, 2.24) is 4.98 Å². The molecule has 1 aliphatic heterocycles. The maximum atomic E-state index is 13.2. The van der Waals surface area contributed by atoms with Gasteiger partial charge in [-0.25, -0.2) is 4.98 Å². The standard InChI is InChI=1S/C20H26N2O2S/c1-2-14-9-5-11-17-18(14)21-20(25-17)22(13-16-10-6-12-24-16)19(23)15-7-3-4-8-15/h5,9,11,15-16H,2-4,6-8,10,12-13H2,1H3/t16-/m0/s1. The van der Waals surface area contributed by atoms with Gasteiger partial charge in [0.05, 0.1) is 22.9 Å². The van der Waals surface area contributed by atoms with Crippen molar-refractivity contribution < 1.29 is 9.53 Å². The predicted molar refractivity (Wildman–Crippen MR) is 102 cm³/mol. The lowest BCUT2D eigenvalue weighted by atomic mass is 10.1. The summed E-state index contributed by atoms with van der Waals surface area (Å²) < 4.78 is 6.99. The first-order chi connectivity index (χ1) is 12.3. The smallest absolute Gasteiger partial charge is 0.231 e. The average molecular weight is 359 g/mol. The Morgan fingerprint density at radius 2 is 2.12 bits per heavy atom. The second kappa shape index (κ2) is 7.42. The SMILES string of the molecule is CCc1cccc2sc(N(C[C@@H]3CCCO3)C(=O)C3CCCC3)nc12. The fourth-order valence-electron chi connectivity index (χ4n) is 4.04. The van der Waals surface area contributed by atoms with Gasteiger partial charge in [0, 0.05) is 12.5 Å². The Morgan fingerprint density at radius 1 is 1.28 bits per heavy atom. The molecule has 1 aromatic carbocycles. The lowest BCUT2D eigenvalue weighted by Crippen LogP contribution is -2.40. The number of aryl methyl sites for hydroxylation is 1. The number of aromatic nitrogens is 1. The van der Waals surface area contributed by atoms with Crippen molar-refractivity contribution in [2.75, 3.05) is 18.1 Å². The van der Waals surface area contributed by atoms with Crippen molar-refractivity contribution in [2.45, 2.75) is 58.0 Å². The molecule has 1 saturated carbocycles. The van der Waals surface area contributed by atoms with E-state index in [0.717, 1.165) is 49.4 Å². The van der Waals surface area contributed by atoms with Crippen LogP contribution in [-0.4, -0.2) is 30.1 Å². The van der Waals surface area contributed by atoms with E-state index in [1.165, 1.54) is 23.1 Å². The lowest BCUT2D eigenvalue weighted by Gasteiger charge is -2.25. The fraction of sp³-hybridized carbons (Fsp3) is 0.600. The zero-order valence-corrected chi connectivity index (χ0v) is 15.7. The highest BCUT2D eigenvalue weighted by molar-refractivity contribution is 7.22. The number of amides is 1. The Bertz CT molecular complexity index is 745. The first kappa shape index (κ1) is 17.0. The van der Waals surface area contributed by atoms with E-state index in [-0.39, 0.29) is 17.9 Å². The van der Waals surface area contributed by atoms with Gasteiger partial charge in [-0.2, -0.15) is 0 Å². The first-order valence-electron chi connectivity index (χ1n) is 9.57. The molecule has 0 spiro atoms. The Kier molecular flexibility index (Phi) is 5.04. The van der Waals surface area contributed by atoms with Crippen LogP contribution in [0.1, 0.15) is 51.0 Å². The molecule has 1 aliphatic carbocycles. The third-order valence-corrected chi connectivity index (χ3v) is 6.53. The number of hydrogen-bond acceptors (Lipinski definition) is 4. The number of para-hydroxylation sites is 1. The van der Waals surface area contributed by atoms with Crippen molar-refractivity contribution >= 4 is 32.6 Å². The van der Waals surface area contributed by atoms with Gasteiger partial charge in [0.1, 0.15) is 0 Å². The molecule has 1 aromatic heterocycles.